The van der Waals surface area contributed by atoms with Gasteiger partial charge in [-0.15, -0.1) is 10.2 Å². The van der Waals surface area contributed by atoms with E-state index in [1.54, 1.807) is 11.6 Å². The lowest BCUT2D eigenvalue weighted by molar-refractivity contribution is 0.0949. The van der Waals surface area contributed by atoms with E-state index < -0.39 is 5.82 Å². The fourth-order valence-corrected chi connectivity index (χ4v) is 1.96. The molecule has 0 spiro atoms. The van der Waals surface area contributed by atoms with Crippen molar-refractivity contribution >= 4 is 27.5 Å². The van der Waals surface area contributed by atoms with Gasteiger partial charge < -0.3 is 15.6 Å². The Morgan fingerprint density at radius 2 is 2.32 bits per heavy atom. The normalized spacial score (nSPS) is 10.5. The van der Waals surface area contributed by atoms with Crippen LogP contribution in [0.5, 0.6) is 0 Å². The van der Waals surface area contributed by atoms with Gasteiger partial charge in [0.05, 0.1) is 17.8 Å². The van der Waals surface area contributed by atoms with E-state index in [0.29, 0.717) is 10.3 Å². The maximum atomic E-state index is 13.2. The van der Waals surface area contributed by atoms with Gasteiger partial charge in [0.1, 0.15) is 12.1 Å². The quantitative estimate of drug-likeness (QED) is 0.830. The van der Waals surface area contributed by atoms with Gasteiger partial charge in [0, 0.05) is 11.5 Å². The van der Waals surface area contributed by atoms with E-state index in [2.05, 4.69) is 31.4 Å². The van der Waals surface area contributed by atoms with Crippen molar-refractivity contribution in [2.24, 2.45) is 7.05 Å². The zero-order valence-electron chi connectivity index (χ0n) is 10.0. The number of hydrogen-bond acceptors (Lipinski definition) is 4. The highest BCUT2D eigenvalue weighted by molar-refractivity contribution is 9.10. The van der Waals surface area contributed by atoms with E-state index in [1.807, 2.05) is 0 Å². The van der Waals surface area contributed by atoms with Crippen molar-refractivity contribution in [1.29, 1.82) is 0 Å². The van der Waals surface area contributed by atoms with E-state index in [-0.39, 0.29) is 23.7 Å². The number of carbonyl (C=O) groups excluding carboxylic acids is 1. The summed E-state index contributed by atoms with van der Waals surface area (Å²) in [7, 11) is 1.77. The van der Waals surface area contributed by atoms with Crippen LogP contribution in [0.1, 0.15) is 16.2 Å². The van der Waals surface area contributed by atoms with Crippen LogP contribution in [0.3, 0.4) is 0 Å². The number of halogens is 2. The predicted molar refractivity (Wildman–Crippen MR) is 70.7 cm³/mol. The largest absolute Gasteiger partial charge is 0.396 e. The Bertz CT molecular complexity index is 628. The number of anilines is 1. The van der Waals surface area contributed by atoms with Crippen molar-refractivity contribution in [1.82, 2.24) is 20.1 Å². The molecule has 1 aromatic heterocycles. The minimum absolute atomic E-state index is 0.0768. The van der Waals surface area contributed by atoms with Crippen LogP contribution in [0.25, 0.3) is 0 Å². The molecule has 0 radical (unpaired) electrons. The van der Waals surface area contributed by atoms with E-state index >= 15 is 0 Å². The molecule has 1 heterocycles. The van der Waals surface area contributed by atoms with Crippen molar-refractivity contribution < 1.29 is 9.18 Å². The van der Waals surface area contributed by atoms with Crippen molar-refractivity contribution in [3.63, 3.8) is 0 Å². The minimum Gasteiger partial charge on any atom is -0.396 e. The summed E-state index contributed by atoms with van der Waals surface area (Å²) in [6.07, 6.45) is 1.54. The first-order valence-electron chi connectivity index (χ1n) is 5.34. The highest BCUT2D eigenvalue weighted by atomic mass is 79.9. The van der Waals surface area contributed by atoms with E-state index in [0.717, 1.165) is 6.07 Å². The first-order chi connectivity index (χ1) is 8.99. The molecule has 0 aliphatic heterocycles. The predicted octanol–water partition coefficient (Wildman–Crippen LogP) is 1.23. The van der Waals surface area contributed by atoms with Gasteiger partial charge in [-0.25, -0.2) is 4.39 Å². The average Bonchev–Trinajstić information content (AvgIpc) is 2.76. The molecule has 0 bridgehead atoms. The zero-order valence-corrected chi connectivity index (χ0v) is 11.6. The summed E-state index contributed by atoms with van der Waals surface area (Å²) in [5.41, 5.74) is 5.63. The molecule has 19 heavy (non-hydrogen) atoms. The topological polar surface area (TPSA) is 85.8 Å². The first kappa shape index (κ1) is 13.5. The van der Waals surface area contributed by atoms with Crippen LogP contribution in [0.2, 0.25) is 0 Å². The number of rotatable bonds is 3. The molecule has 0 aliphatic carbocycles. The molecule has 0 aliphatic rings. The molecule has 3 N–H and O–H groups in total. The molecule has 6 nitrogen and oxygen atoms in total. The lowest BCUT2D eigenvalue weighted by Crippen LogP contribution is -2.25. The first-order valence-corrected chi connectivity index (χ1v) is 6.14. The monoisotopic (exact) mass is 327 g/mol. The zero-order chi connectivity index (χ0) is 14.0. The van der Waals surface area contributed by atoms with Crippen LogP contribution in [0.4, 0.5) is 10.1 Å². The number of carbonyl (C=O) groups is 1. The van der Waals surface area contributed by atoms with Gasteiger partial charge in [-0.2, -0.15) is 0 Å². The molecule has 0 fully saturated rings. The van der Waals surface area contributed by atoms with E-state index in [4.69, 9.17) is 5.73 Å². The molecule has 0 saturated carbocycles. The third-order valence-electron chi connectivity index (χ3n) is 2.54. The van der Waals surface area contributed by atoms with Crippen molar-refractivity contribution in [3.05, 3.63) is 40.1 Å². The molecule has 8 heteroatoms. The van der Waals surface area contributed by atoms with Crippen molar-refractivity contribution in [3.8, 4) is 0 Å². The van der Waals surface area contributed by atoms with Crippen LogP contribution >= 0.6 is 15.9 Å². The van der Waals surface area contributed by atoms with Crippen molar-refractivity contribution in [2.75, 3.05) is 5.73 Å². The highest BCUT2D eigenvalue weighted by Crippen LogP contribution is 2.22. The molecule has 100 valence electrons. The summed E-state index contributed by atoms with van der Waals surface area (Å²) in [6, 6.07) is 2.44. The number of nitrogens with zero attached hydrogens (tertiary/aromatic N) is 3. The SMILES string of the molecule is Cn1cnnc1CNC(=O)c1cc(N)c(F)cc1Br. The van der Waals surface area contributed by atoms with E-state index in [1.165, 1.54) is 12.4 Å². The molecule has 2 aromatic rings. The van der Waals surface area contributed by atoms with Gasteiger partial charge in [-0.3, -0.25) is 4.79 Å². The Labute approximate surface area is 116 Å². The van der Waals surface area contributed by atoms with Gasteiger partial charge in [-0.1, -0.05) is 0 Å². The fraction of sp³-hybridized carbons (Fsp3) is 0.182. The molecule has 0 unspecified atom stereocenters. The van der Waals surface area contributed by atoms with Gasteiger partial charge in [0.2, 0.25) is 0 Å². The van der Waals surface area contributed by atoms with Crippen LogP contribution in [0, 0.1) is 5.82 Å². The second-order valence-electron chi connectivity index (χ2n) is 3.89. The van der Waals surface area contributed by atoms with Gasteiger partial charge in [0.15, 0.2) is 5.82 Å². The summed E-state index contributed by atoms with van der Waals surface area (Å²) < 4.78 is 15.2. The lowest BCUT2D eigenvalue weighted by atomic mass is 10.2. The standard InChI is InChI=1S/C11H11BrFN5O/c1-18-5-16-17-10(18)4-15-11(19)6-2-9(14)8(13)3-7(6)12/h2-3,5H,4,14H2,1H3,(H,15,19). The summed E-state index contributed by atoms with van der Waals surface area (Å²) in [4.78, 5) is 12.0. The Morgan fingerprint density at radius 1 is 1.58 bits per heavy atom. The number of nitrogens with one attached hydrogen (secondary N) is 1. The third-order valence-corrected chi connectivity index (χ3v) is 3.20. The van der Waals surface area contributed by atoms with Crippen LogP contribution in [-0.4, -0.2) is 20.7 Å². The summed E-state index contributed by atoms with van der Waals surface area (Å²) in [5.74, 6) is -0.335. The number of nitrogens with two attached hydrogens (primary N) is 1. The number of hydrogen-bond donors (Lipinski definition) is 2. The van der Waals surface area contributed by atoms with Gasteiger partial charge in [-0.05, 0) is 28.1 Å². The van der Waals surface area contributed by atoms with E-state index in [9.17, 15) is 9.18 Å². The highest BCUT2D eigenvalue weighted by Gasteiger charge is 2.13. The molecule has 0 saturated heterocycles. The summed E-state index contributed by atoms with van der Waals surface area (Å²) in [5, 5.41) is 10.2. The summed E-state index contributed by atoms with van der Waals surface area (Å²) >= 11 is 3.13. The number of nitrogen functional groups attached to an aromatic ring is 1. The van der Waals surface area contributed by atoms with Crippen molar-refractivity contribution in [2.45, 2.75) is 6.54 Å². The number of amides is 1. The number of benzene rings is 1. The average molecular weight is 328 g/mol. The second-order valence-corrected chi connectivity index (χ2v) is 4.75. The second kappa shape index (κ2) is 5.35. The van der Waals surface area contributed by atoms with Crippen LogP contribution in [-0.2, 0) is 13.6 Å². The maximum Gasteiger partial charge on any atom is 0.252 e. The van der Waals surface area contributed by atoms with Gasteiger partial charge >= 0.3 is 0 Å². The maximum absolute atomic E-state index is 13.2. The summed E-state index contributed by atoms with van der Waals surface area (Å²) in [6.45, 7) is 0.221. The Kier molecular flexibility index (Phi) is 3.79. The lowest BCUT2D eigenvalue weighted by Gasteiger charge is -2.08. The Morgan fingerprint density at radius 3 is 2.95 bits per heavy atom. The molecule has 0 atom stereocenters. The van der Waals surface area contributed by atoms with Crippen LogP contribution < -0.4 is 11.1 Å². The molecule has 2 rings (SSSR count). The molecular formula is C11H11BrFN5O. The van der Waals surface area contributed by atoms with Gasteiger partial charge in [0.25, 0.3) is 5.91 Å². The third kappa shape index (κ3) is 2.90. The smallest absolute Gasteiger partial charge is 0.252 e. The van der Waals surface area contributed by atoms with Crippen LogP contribution in [0.15, 0.2) is 22.9 Å². The number of aromatic nitrogens is 3. The fourth-order valence-electron chi connectivity index (χ4n) is 1.46. The molecule has 1 aromatic carbocycles. The Balaban J connectivity index is 2.12. The molecule has 1 amide bonds. The Hall–Kier alpha value is -1.96. The molecular weight excluding hydrogens is 317 g/mol. The minimum atomic E-state index is -0.572. The number of aryl methyl sites for hydroxylation is 1.